The van der Waals surface area contributed by atoms with E-state index in [1.165, 1.54) is 39.8 Å². The Bertz CT molecular complexity index is 802. The van der Waals surface area contributed by atoms with E-state index in [4.69, 9.17) is 4.98 Å². The van der Waals surface area contributed by atoms with Crippen LogP contribution in [0.3, 0.4) is 0 Å². The maximum absolute atomic E-state index is 4.90. The standard InChI is InChI=1S/C22H26AsN/c1-4-15-23(16-5-2)20-12-9-18(10-13-20)21-14-11-19-8-6-7-17(3)22(19)24-21/h6-14H,4-5,15-16H2,1-3H3. The second-order valence-corrected chi connectivity index (χ2v) is 11.6. The van der Waals surface area contributed by atoms with Crippen molar-refractivity contribution in [2.45, 2.75) is 44.0 Å². The summed E-state index contributed by atoms with van der Waals surface area (Å²) in [5.41, 5.74) is 4.66. The molecule has 3 aromatic rings. The molecule has 0 bridgehead atoms. The topological polar surface area (TPSA) is 12.9 Å². The van der Waals surface area contributed by atoms with Gasteiger partial charge in [-0.2, -0.15) is 0 Å². The molecular formula is C22H26AsN. The van der Waals surface area contributed by atoms with Gasteiger partial charge < -0.3 is 0 Å². The van der Waals surface area contributed by atoms with Crippen LogP contribution >= 0.6 is 0 Å². The van der Waals surface area contributed by atoms with Crippen LogP contribution in [0.25, 0.3) is 22.2 Å². The van der Waals surface area contributed by atoms with E-state index in [2.05, 4.69) is 75.4 Å². The van der Waals surface area contributed by atoms with Gasteiger partial charge in [-0.25, -0.2) is 0 Å². The fourth-order valence-electron chi connectivity index (χ4n) is 3.21. The molecule has 24 heavy (non-hydrogen) atoms. The van der Waals surface area contributed by atoms with E-state index < -0.39 is 14.7 Å². The van der Waals surface area contributed by atoms with Crippen molar-refractivity contribution in [1.82, 2.24) is 4.98 Å². The zero-order chi connectivity index (χ0) is 16.9. The second kappa shape index (κ2) is 7.99. The summed E-state index contributed by atoms with van der Waals surface area (Å²) in [4.78, 5) is 4.90. The minimum absolute atomic E-state index is 0.849. The van der Waals surface area contributed by atoms with Gasteiger partial charge in [0.1, 0.15) is 0 Å². The molecule has 1 nitrogen and oxygen atoms in total. The fourth-order valence-corrected chi connectivity index (χ4v) is 8.22. The molecule has 2 aromatic carbocycles. The number of fused-ring (bicyclic) bond motifs is 1. The third kappa shape index (κ3) is 3.73. The first-order valence-electron chi connectivity index (χ1n) is 8.94. The van der Waals surface area contributed by atoms with E-state index in [0.29, 0.717) is 0 Å². The summed E-state index contributed by atoms with van der Waals surface area (Å²) < 4.78 is 1.62. The molecule has 0 radical (unpaired) electrons. The SMILES string of the molecule is CCC[As](CCC)c1ccc(-c2ccc3cccc(C)c3n2)cc1. The summed E-state index contributed by atoms with van der Waals surface area (Å²) in [6, 6.07) is 20.0. The van der Waals surface area contributed by atoms with Gasteiger partial charge in [0, 0.05) is 0 Å². The zero-order valence-electron chi connectivity index (χ0n) is 14.9. The van der Waals surface area contributed by atoms with Gasteiger partial charge in [-0.15, -0.1) is 0 Å². The van der Waals surface area contributed by atoms with E-state index in [-0.39, 0.29) is 0 Å². The predicted molar refractivity (Wildman–Crippen MR) is 108 cm³/mol. The van der Waals surface area contributed by atoms with Crippen LogP contribution < -0.4 is 4.35 Å². The third-order valence-electron chi connectivity index (χ3n) is 4.44. The van der Waals surface area contributed by atoms with Crippen molar-refractivity contribution in [3.63, 3.8) is 0 Å². The molecule has 0 aliphatic rings. The summed E-state index contributed by atoms with van der Waals surface area (Å²) in [7, 11) is 0. The minimum atomic E-state index is -0.849. The van der Waals surface area contributed by atoms with Crippen LogP contribution in [0.4, 0.5) is 0 Å². The van der Waals surface area contributed by atoms with Crippen molar-refractivity contribution in [1.29, 1.82) is 0 Å². The Hall–Kier alpha value is -1.59. The number of hydrogen-bond acceptors (Lipinski definition) is 1. The molecule has 0 N–H and O–H groups in total. The van der Waals surface area contributed by atoms with Gasteiger partial charge >= 0.3 is 150 Å². The van der Waals surface area contributed by atoms with Crippen molar-refractivity contribution in [3.05, 3.63) is 60.2 Å². The quantitative estimate of drug-likeness (QED) is 0.498. The molecule has 3 rings (SSSR count). The molecular weight excluding hydrogens is 353 g/mol. The van der Waals surface area contributed by atoms with Crippen LogP contribution in [0.15, 0.2) is 54.6 Å². The van der Waals surface area contributed by atoms with Gasteiger partial charge in [0.25, 0.3) is 0 Å². The molecule has 0 spiro atoms. The number of benzene rings is 2. The molecule has 0 fully saturated rings. The molecule has 0 aliphatic carbocycles. The van der Waals surface area contributed by atoms with Gasteiger partial charge in [-0.05, 0) is 0 Å². The Morgan fingerprint density at radius 3 is 2.21 bits per heavy atom. The summed E-state index contributed by atoms with van der Waals surface area (Å²) in [6.45, 7) is 6.76. The van der Waals surface area contributed by atoms with Crippen LogP contribution in [0.5, 0.6) is 0 Å². The number of aryl methyl sites for hydroxylation is 1. The first-order valence-corrected chi connectivity index (χ1v) is 12.5. The Morgan fingerprint density at radius 1 is 0.833 bits per heavy atom. The Balaban J connectivity index is 1.91. The predicted octanol–water partition coefficient (Wildman–Crippen LogP) is 5.73. The van der Waals surface area contributed by atoms with Crippen LogP contribution in [-0.4, -0.2) is 19.6 Å². The molecule has 0 aliphatic heterocycles. The molecule has 124 valence electrons. The number of aromatic nitrogens is 1. The van der Waals surface area contributed by atoms with Gasteiger partial charge in [-0.3, -0.25) is 0 Å². The van der Waals surface area contributed by atoms with Crippen molar-refractivity contribution in [2.75, 3.05) is 0 Å². The van der Waals surface area contributed by atoms with E-state index >= 15 is 0 Å². The summed E-state index contributed by atoms with van der Waals surface area (Å²) >= 11 is -0.849. The van der Waals surface area contributed by atoms with Crippen LogP contribution in [0.1, 0.15) is 32.3 Å². The third-order valence-corrected chi connectivity index (χ3v) is 10.7. The van der Waals surface area contributed by atoms with E-state index in [9.17, 15) is 0 Å². The number of para-hydroxylation sites is 1. The van der Waals surface area contributed by atoms with Crippen LogP contribution in [0.2, 0.25) is 10.4 Å². The Kier molecular flexibility index (Phi) is 5.74. The average Bonchev–Trinajstić information content (AvgIpc) is 2.62. The van der Waals surface area contributed by atoms with Crippen molar-refractivity contribution in [2.24, 2.45) is 0 Å². The van der Waals surface area contributed by atoms with Crippen molar-refractivity contribution >= 4 is 29.9 Å². The summed E-state index contributed by atoms with van der Waals surface area (Å²) in [6.07, 6.45) is 2.63. The van der Waals surface area contributed by atoms with E-state index in [1.807, 2.05) is 0 Å². The summed E-state index contributed by atoms with van der Waals surface area (Å²) in [5, 5.41) is 4.07. The molecule has 0 saturated carbocycles. The van der Waals surface area contributed by atoms with Gasteiger partial charge in [0.2, 0.25) is 0 Å². The number of pyridine rings is 1. The summed E-state index contributed by atoms with van der Waals surface area (Å²) in [5.74, 6) is 0. The zero-order valence-corrected chi connectivity index (χ0v) is 16.8. The molecule has 2 heteroatoms. The number of hydrogen-bond donors (Lipinski definition) is 0. The number of nitrogens with zero attached hydrogens (tertiary/aromatic N) is 1. The van der Waals surface area contributed by atoms with E-state index in [0.717, 1.165) is 11.2 Å². The maximum atomic E-state index is 4.90. The molecule has 0 atom stereocenters. The average molecular weight is 379 g/mol. The van der Waals surface area contributed by atoms with Gasteiger partial charge in [0.15, 0.2) is 0 Å². The van der Waals surface area contributed by atoms with Gasteiger partial charge in [-0.1, -0.05) is 0 Å². The van der Waals surface area contributed by atoms with Crippen molar-refractivity contribution < 1.29 is 0 Å². The monoisotopic (exact) mass is 379 g/mol. The first-order chi connectivity index (χ1) is 11.7. The number of rotatable bonds is 6. The second-order valence-electron chi connectivity index (χ2n) is 6.38. The van der Waals surface area contributed by atoms with Crippen LogP contribution in [0, 0.1) is 6.92 Å². The van der Waals surface area contributed by atoms with Crippen LogP contribution in [-0.2, 0) is 0 Å². The normalized spacial score (nSPS) is 11.3. The van der Waals surface area contributed by atoms with Gasteiger partial charge in [0.05, 0.1) is 0 Å². The van der Waals surface area contributed by atoms with Crippen molar-refractivity contribution in [3.8, 4) is 11.3 Å². The molecule has 0 amide bonds. The Morgan fingerprint density at radius 2 is 1.54 bits per heavy atom. The first kappa shape index (κ1) is 17.2. The molecule has 0 unspecified atom stereocenters. The molecule has 1 aromatic heterocycles. The van der Waals surface area contributed by atoms with E-state index in [1.54, 1.807) is 4.35 Å². The Labute approximate surface area is 150 Å². The molecule has 1 heterocycles. The molecule has 0 saturated heterocycles. The fraction of sp³-hybridized carbons (Fsp3) is 0.318.